The first-order valence-corrected chi connectivity index (χ1v) is 6.73. The molecule has 106 valence electrons. The Hall–Kier alpha value is -2.68. The quantitative estimate of drug-likeness (QED) is 0.671. The van der Waals surface area contributed by atoms with E-state index >= 15 is 0 Å². The molecule has 0 fully saturated rings. The van der Waals surface area contributed by atoms with Crippen molar-refractivity contribution in [2.24, 2.45) is 5.10 Å². The fourth-order valence-corrected chi connectivity index (χ4v) is 1.88. The first kappa shape index (κ1) is 14.7. The monoisotopic (exact) mass is 278 g/mol. The molecule has 0 saturated carbocycles. The second-order valence-corrected chi connectivity index (χ2v) is 4.92. The summed E-state index contributed by atoms with van der Waals surface area (Å²) < 4.78 is 0. The molecule has 0 aliphatic rings. The lowest BCUT2D eigenvalue weighted by Gasteiger charge is -2.04. The molecule has 3 heteroatoms. The molecule has 0 aromatic heterocycles. The Bertz CT molecular complexity index is 702. The highest BCUT2D eigenvalue weighted by molar-refractivity contribution is 5.95. The van der Waals surface area contributed by atoms with Crippen molar-refractivity contribution in [1.29, 1.82) is 0 Å². The first-order valence-electron chi connectivity index (χ1n) is 6.73. The number of amides is 1. The van der Waals surface area contributed by atoms with Crippen LogP contribution in [0, 0.1) is 6.92 Å². The van der Waals surface area contributed by atoms with Crippen molar-refractivity contribution in [3.8, 4) is 0 Å². The maximum Gasteiger partial charge on any atom is 0.271 e. The van der Waals surface area contributed by atoms with Crippen LogP contribution >= 0.6 is 0 Å². The SMILES string of the molecule is C=C(C)c1cccc(C(=O)N/N=C/c2ccccc2C)c1. The van der Waals surface area contributed by atoms with E-state index in [1.165, 1.54) is 0 Å². The molecule has 2 aromatic rings. The van der Waals surface area contributed by atoms with Crippen molar-refractivity contribution < 1.29 is 4.79 Å². The Labute approximate surface area is 125 Å². The van der Waals surface area contributed by atoms with Gasteiger partial charge in [-0.2, -0.15) is 5.10 Å². The van der Waals surface area contributed by atoms with Gasteiger partial charge >= 0.3 is 0 Å². The third kappa shape index (κ3) is 3.89. The minimum atomic E-state index is -0.233. The van der Waals surface area contributed by atoms with Crippen LogP contribution < -0.4 is 5.43 Å². The number of allylic oxidation sites excluding steroid dienone is 1. The van der Waals surface area contributed by atoms with Crippen LogP contribution in [0.15, 0.2) is 60.2 Å². The van der Waals surface area contributed by atoms with E-state index in [2.05, 4.69) is 17.1 Å². The van der Waals surface area contributed by atoms with Gasteiger partial charge in [-0.05, 0) is 42.7 Å². The van der Waals surface area contributed by atoms with Crippen molar-refractivity contribution in [2.45, 2.75) is 13.8 Å². The summed E-state index contributed by atoms with van der Waals surface area (Å²) in [4.78, 5) is 12.0. The van der Waals surface area contributed by atoms with Gasteiger partial charge in [0.1, 0.15) is 0 Å². The van der Waals surface area contributed by atoms with Gasteiger partial charge in [0, 0.05) is 5.56 Å². The number of hydrogen-bond donors (Lipinski definition) is 1. The highest BCUT2D eigenvalue weighted by Crippen LogP contribution is 2.13. The molecule has 0 saturated heterocycles. The van der Waals surface area contributed by atoms with Crippen LogP contribution in [0.2, 0.25) is 0 Å². The van der Waals surface area contributed by atoms with Gasteiger partial charge in [-0.15, -0.1) is 0 Å². The Morgan fingerprint density at radius 3 is 2.57 bits per heavy atom. The van der Waals surface area contributed by atoms with Crippen molar-refractivity contribution in [3.63, 3.8) is 0 Å². The van der Waals surface area contributed by atoms with Crippen LogP contribution in [0.5, 0.6) is 0 Å². The minimum absolute atomic E-state index is 0.233. The molecule has 0 aliphatic heterocycles. The predicted octanol–water partition coefficient (Wildman–Crippen LogP) is 3.79. The lowest BCUT2D eigenvalue weighted by atomic mass is 10.1. The Balaban J connectivity index is 2.07. The van der Waals surface area contributed by atoms with Crippen LogP contribution in [0.25, 0.3) is 5.57 Å². The summed E-state index contributed by atoms with van der Waals surface area (Å²) in [5.41, 5.74) is 7.07. The van der Waals surface area contributed by atoms with E-state index in [0.29, 0.717) is 5.56 Å². The number of nitrogens with zero attached hydrogens (tertiary/aromatic N) is 1. The second kappa shape index (κ2) is 6.66. The van der Waals surface area contributed by atoms with Gasteiger partial charge in [0.25, 0.3) is 5.91 Å². The summed E-state index contributed by atoms with van der Waals surface area (Å²) in [5.74, 6) is -0.233. The number of aryl methyl sites for hydroxylation is 1. The van der Waals surface area contributed by atoms with Crippen molar-refractivity contribution >= 4 is 17.7 Å². The largest absolute Gasteiger partial charge is 0.271 e. The molecule has 21 heavy (non-hydrogen) atoms. The average Bonchev–Trinajstić information content (AvgIpc) is 2.49. The molecule has 2 aromatic carbocycles. The molecule has 3 nitrogen and oxygen atoms in total. The molecule has 0 atom stereocenters. The number of benzene rings is 2. The van der Waals surface area contributed by atoms with Crippen LogP contribution in [0.3, 0.4) is 0 Å². The van der Waals surface area contributed by atoms with E-state index in [1.807, 2.05) is 50.2 Å². The Morgan fingerprint density at radius 2 is 1.86 bits per heavy atom. The van der Waals surface area contributed by atoms with E-state index in [0.717, 1.165) is 22.3 Å². The smallest absolute Gasteiger partial charge is 0.267 e. The van der Waals surface area contributed by atoms with E-state index in [-0.39, 0.29) is 5.91 Å². The average molecular weight is 278 g/mol. The zero-order chi connectivity index (χ0) is 15.2. The molecule has 0 aliphatic carbocycles. The highest BCUT2D eigenvalue weighted by Gasteiger charge is 2.05. The lowest BCUT2D eigenvalue weighted by Crippen LogP contribution is -2.17. The van der Waals surface area contributed by atoms with E-state index < -0.39 is 0 Å². The van der Waals surface area contributed by atoms with Crippen molar-refractivity contribution in [2.75, 3.05) is 0 Å². The molecule has 0 heterocycles. The van der Waals surface area contributed by atoms with Gasteiger partial charge in [0.2, 0.25) is 0 Å². The fraction of sp³-hybridized carbons (Fsp3) is 0.111. The topological polar surface area (TPSA) is 41.5 Å². The molecule has 0 bridgehead atoms. The zero-order valence-corrected chi connectivity index (χ0v) is 12.3. The molecule has 1 amide bonds. The molecule has 0 spiro atoms. The number of hydrogen-bond acceptors (Lipinski definition) is 2. The van der Waals surface area contributed by atoms with Crippen LogP contribution in [-0.4, -0.2) is 12.1 Å². The van der Waals surface area contributed by atoms with Crippen LogP contribution in [0.4, 0.5) is 0 Å². The van der Waals surface area contributed by atoms with Gasteiger partial charge in [0.15, 0.2) is 0 Å². The number of hydrazone groups is 1. The molecule has 0 radical (unpaired) electrons. The first-order chi connectivity index (χ1) is 10.1. The second-order valence-electron chi connectivity index (χ2n) is 4.92. The molecule has 2 rings (SSSR count). The number of carbonyl (C=O) groups excluding carboxylic acids is 1. The summed E-state index contributed by atoms with van der Waals surface area (Å²) in [6.45, 7) is 7.79. The predicted molar refractivity (Wildman–Crippen MR) is 87.4 cm³/mol. The van der Waals surface area contributed by atoms with Gasteiger partial charge in [0.05, 0.1) is 6.21 Å². The molecule has 0 unspecified atom stereocenters. The Morgan fingerprint density at radius 1 is 1.14 bits per heavy atom. The van der Waals surface area contributed by atoms with E-state index in [9.17, 15) is 4.79 Å². The normalized spacial score (nSPS) is 10.6. The molecule has 1 N–H and O–H groups in total. The molecular weight excluding hydrogens is 260 g/mol. The van der Waals surface area contributed by atoms with Crippen LogP contribution in [0.1, 0.15) is 34.0 Å². The van der Waals surface area contributed by atoms with Gasteiger partial charge < -0.3 is 0 Å². The number of rotatable bonds is 4. The van der Waals surface area contributed by atoms with Gasteiger partial charge in [-0.1, -0.05) is 48.6 Å². The molecular formula is C18H18N2O. The van der Waals surface area contributed by atoms with Crippen molar-refractivity contribution in [3.05, 3.63) is 77.4 Å². The summed E-state index contributed by atoms with van der Waals surface area (Å²) in [6, 6.07) is 15.2. The maximum atomic E-state index is 12.0. The van der Waals surface area contributed by atoms with E-state index in [1.54, 1.807) is 18.3 Å². The fourth-order valence-electron chi connectivity index (χ4n) is 1.88. The summed E-state index contributed by atoms with van der Waals surface area (Å²) in [7, 11) is 0. The lowest BCUT2D eigenvalue weighted by molar-refractivity contribution is 0.0955. The summed E-state index contributed by atoms with van der Waals surface area (Å²) in [5, 5.41) is 4.01. The zero-order valence-electron chi connectivity index (χ0n) is 12.3. The van der Waals surface area contributed by atoms with Gasteiger partial charge in [-0.25, -0.2) is 5.43 Å². The third-order valence-corrected chi connectivity index (χ3v) is 3.18. The standard InChI is InChI=1S/C18H18N2O/c1-13(2)15-9-6-10-16(11-15)18(21)20-19-12-17-8-5-4-7-14(17)3/h4-12H,1H2,2-3H3,(H,20,21)/b19-12+. The number of nitrogens with one attached hydrogen (secondary N) is 1. The summed E-state index contributed by atoms with van der Waals surface area (Å²) >= 11 is 0. The summed E-state index contributed by atoms with van der Waals surface area (Å²) in [6.07, 6.45) is 1.65. The maximum absolute atomic E-state index is 12.0. The van der Waals surface area contributed by atoms with E-state index in [4.69, 9.17) is 0 Å². The van der Waals surface area contributed by atoms with Crippen LogP contribution in [-0.2, 0) is 0 Å². The Kier molecular flexibility index (Phi) is 4.67. The van der Waals surface area contributed by atoms with Gasteiger partial charge in [-0.3, -0.25) is 4.79 Å². The third-order valence-electron chi connectivity index (χ3n) is 3.18. The highest BCUT2D eigenvalue weighted by atomic mass is 16.2. The van der Waals surface area contributed by atoms with Crippen molar-refractivity contribution in [1.82, 2.24) is 5.43 Å². The number of carbonyl (C=O) groups is 1. The minimum Gasteiger partial charge on any atom is -0.267 e.